The molecule has 0 spiro atoms. The van der Waals surface area contributed by atoms with E-state index in [1.54, 1.807) is 31.7 Å². The van der Waals surface area contributed by atoms with Gasteiger partial charge in [-0.25, -0.2) is 4.79 Å². The molecule has 24 heavy (non-hydrogen) atoms. The van der Waals surface area contributed by atoms with E-state index < -0.39 is 22.8 Å². The Morgan fingerprint density at radius 3 is 2.75 bits per heavy atom. The number of hydrogen-bond donors (Lipinski definition) is 2. The molecule has 8 nitrogen and oxygen atoms in total. The van der Waals surface area contributed by atoms with E-state index in [4.69, 9.17) is 10.5 Å². The third-order valence-corrected chi connectivity index (χ3v) is 3.71. The number of ether oxygens (including phenoxy) is 1. The molecule has 3 N–H and O–H groups in total. The molecule has 1 unspecified atom stereocenters. The van der Waals surface area contributed by atoms with Crippen molar-refractivity contribution in [1.82, 2.24) is 4.90 Å². The quantitative estimate of drug-likeness (QED) is 0.497. The zero-order chi connectivity index (χ0) is 17.9. The van der Waals surface area contributed by atoms with Gasteiger partial charge in [0, 0.05) is 12.6 Å². The Morgan fingerprint density at radius 2 is 2.12 bits per heavy atom. The summed E-state index contributed by atoms with van der Waals surface area (Å²) >= 11 is 0. The number of hydrogen-bond acceptors (Lipinski definition) is 6. The van der Waals surface area contributed by atoms with Gasteiger partial charge in [-0.05, 0) is 46.1 Å². The lowest BCUT2D eigenvalue weighted by Gasteiger charge is -2.37. The number of nitro benzene ring substituents is 1. The first kappa shape index (κ1) is 17.8. The van der Waals surface area contributed by atoms with Crippen LogP contribution in [0.4, 0.5) is 21.9 Å². The molecule has 1 amide bonds. The van der Waals surface area contributed by atoms with Crippen LogP contribution in [0.25, 0.3) is 0 Å². The fourth-order valence-corrected chi connectivity index (χ4v) is 2.65. The van der Waals surface area contributed by atoms with Crippen LogP contribution < -0.4 is 11.1 Å². The average Bonchev–Trinajstić information content (AvgIpc) is 2.47. The first-order valence-corrected chi connectivity index (χ1v) is 7.98. The fourth-order valence-electron chi connectivity index (χ4n) is 2.65. The number of rotatable bonds is 3. The molecule has 0 aliphatic carbocycles. The molecule has 1 fully saturated rings. The van der Waals surface area contributed by atoms with Gasteiger partial charge < -0.3 is 15.8 Å². The number of nitrogen functional groups attached to an aromatic ring is 1. The van der Waals surface area contributed by atoms with Crippen LogP contribution in [0.15, 0.2) is 18.2 Å². The summed E-state index contributed by atoms with van der Waals surface area (Å²) in [5, 5.41) is 14.3. The monoisotopic (exact) mass is 336 g/mol. The molecule has 1 aliphatic rings. The molecule has 1 aliphatic heterocycles. The molecule has 0 saturated carbocycles. The lowest BCUT2D eigenvalue weighted by Crippen LogP contribution is -2.49. The highest BCUT2D eigenvalue weighted by atomic mass is 16.6. The minimum absolute atomic E-state index is 0.107. The van der Waals surface area contributed by atoms with Crippen molar-refractivity contribution in [3.63, 3.8) is 0 Å². The predicted molar refractivity (Wildman–Crippen MR) is 91.7 cm³/mol. The average molecular weight is 336 g/mol. The van der Waals surface area contributed by atoms with Crippen LogP contribution >= 0.6 is 0 Å². The van der Waals surface area contributed by atoms with Gasteiger partial charge in [0.25, 0.3) is 5.69 Å². The highest BCUT2D eigenvalue weighted by Gasteiger charge is 2.32. The first-order chi connectivity index (χ1) is 11.2. The summed E-state index contributed by atoms with van der Waals surface area (Å²) in [5.41, 5.74) is 5.71. The van der Waals surface area contributed by atoms with Gasteiger partial charge in [-0.2, -0.15) is 0 Å². The Bertz CT molecular complexity index is 627. The van der Waals surface area contributed by atoms with Crippen molar-refractivity contribution >= 4 is 23.2 Å². The molecule has 8 heteroatoms. The second kappa shape index (κ2) is 6.94. The van der Waals surface area contributed by atoms with Gasteiger partial charge >= 0.3 is 6.09 Å². The smallest absolute Gasteiger partial charge is 0.411 e. The molecule has 2 rings (SSSR count). The summed E-state index contributed by atoms with van der Waals surface area (Å²) in [6.07, 6.45) is 1.63. The van der Waals surface area contributed by atoms with Crippen LogP contribution in [0.3, 0.4) is 0 Å². The Kier molecular flexibility index (Phi) is 5.16. The molecule has 1 aromatic carbocycles. The van der Waals surface area contributed by atoms with Crippen LogP contribution in [0.1, 0.15) is 40.0 Å². The predicted octanol–water partition coefficient (Wildman–Crippen LogP) is 3.34. The van der Waals surface area contributed by atoms with Crippen molar-refractivity contribution < 1.29 is 14.5 Å². The van der Waals surface area contributed by atoms with E-state index in [1.807, 2.05) is 0 Å². The number of likely N-dealkylation sites (tertiary alicyclic amines) is 1. The Hall–Kier alpha value is -2.51. The van der Waals surface area contributed by atoms with E-state index in [-0.39, 0.29) is 17.1 Å². The van der Waals surface area contributed by atoms with Gasteiger partial charge in [0.1, 0.15) is 17.5 Å². The van der Waals surface area contributed by atoms with Gasteiger partial charge in [-0.15, -0.1) is 0 Å². The lowest BCUT2D eigenvalue weighted by atomic mass is 10.1. The summed E-state index contributed by atoms with van der Waals surface area (Å²) in [7, 11) is 0. The van der Waals surface area contributed by atoms with Crippen molar-refractivity contribution in [3.8, 4) is 0 Å². The van der Waals surface area contributed by atoms with Gasteiger partial charge in [0.05, 0.1) is 10.6 Å². The summed E-state index contributed by atoms with van der Waals surface area (Å²) in [6.45, 7) is 5.94. The van der Waals surface area contributed by atoms with E-state index in [0.29, 0.717) is 13.0 Å². The number of nitro groups is 1. The van der Waals surface area contributed by atoms with E-state index in [0.717, 1.165) is 12.8 Å². The summed E-state index contributed by atoms with van der Waals surface area (Å²) in [4.78, 5) is 24.7. The standard InChI is InChI=1S/C16H24N4O4/c1-16(2,3)24-15(21)19-10-5-4-9-13(19)18-14-11(17)7-6-8-12(14)20(22)23/h6-8,13,18H,4-5,9-10,17H2,1-3H3. The van der Waals surface area contributed by atoms with Crippen LogP contribution in [0, 0.1) is 10.1 Å². The number of anilines is 2. The molecule has 1 atom stereocenters. The van der Waals surface area contributed by atoms with Crippen LogP contribution in [0.5, 0.6) is 0 Å². The maximum absolute atomic E-state index is 12.4. The van der Waals surface area contributed by atoms with Crippen molar-refractivity contribution in [2.24, 2.45) is 0 Å². The maximum atomic E-state index is 12.4. The number of carbonyl (C=O) groups excluding carboxylic acids is 1. The van der Waals surface area contributed by atoms with Crippen LogP contribution in [-0.4, -0.2) is 34.2 Å². The highest BCUT2D eigenvalue weighted by molar-refractivity contribution is 5.77. The second-order valence-electron chi connectivity index (χ2n) is 6.83. The zero-order valence-electron chi connectivity index (χ0n) is 14.2. The summed E-state index contributed by atoms with van der Waals surface area (Å²) in [5.74, 6) is 0. The highest BCUT2D eigenvalue weighted by Crippen LogP contribution is 2.32. The van der Waals surface area contributed by atoms with Gasteiger partial charge in [0.2, 0.25) is 0 Å². The van der Waals surface area contributed by atoms with Gasteiger partial charge in [-0.1, -0.05) is 6.07 Å². The van der Waals surface area contributed by atoms with Crippen molar-refractivity contribution in [2.45, 2.75) is 51.8 Å². The minimum Gasteiger partial charge on any atom is -0.444 e. The first-order valence-electron chi connectivity index (χ1n) is 7.98. The van der Waals surface area contributed by atoms with E-state index >= 15 is 0 Å². The number of carbonyl (C=O) groups is 1. The molecular weight excluding hydrogens is 312 g/mol. The summed E-state index contributed by atoms with van der Waals surface area (Å²) < 4.78 is 5.43. The zero-order valence-corrected chi connectivity index (χ0v) is 14.2. The van der Waals surface area contributed by atoms with Gasteiger partial charge in [0.15, 0.2) is 0 Å². The van der Waals surface area contributed by atoms with Crippen LogP contribution in [0.2, 0.25) is 0 Å². The summed E-state index contributed by atoms with van der Waals surface area (Å²) in [6, 6.07) is 4.51. The number of nitrogens with one attached hydrogen (secondary N) is 1. The molecular formula is C16H24N4O4. The molecule has 1 heterocycles. The Labute approximate surface area is 141 Å². The number of nitrogens with zero attached hydrogens (tertiary/aromatic N) is 2. The third kappa shape index (κ3) is 4.27. The minimum atomic E-state index is -0.600. The Balaban J connectivity index is 2.23. The number of para-hydroxylation sites is 1. The maximum Gasteiger partial charge on any atom is 0.411 e. The third-order valence-electron chi connectivity index (χ3n) is 3.71. The Morgan fingerprint density at radius 1 is 1.42 bits per heavy atom. The van der Waals surface area contributed by atoms with E-state index in [9.17, 15) is 14.9 Å². The van der Waals surface area contributed by atoms with Crippen molar-refractivity contribution in [3.05, 3.63) is 28.3 Å². The molecule has 0 bridgehead atoms. The van der Waals surface area contributed by atoms with Gasteiger partial charge in [-0.3, -0.25) is 15.0 Å². The lowest BCUT2D eigenvalue weighted by molar-refractivity contribution is -0.383. The SMILES string of the molecule is CC(C)(C)OC(=O)N1CCCCC1Nc1c(N)cccc1[N+](=O)[O-]. The normalized spacial score (nSPS) is 18.1. The van der Waals surface area contributed by atoms with E-state index in [1.165, 1.54) is 12.1 Å². The second-order valence-corrected chi connectivity index (χ2v) is 6.83. The molecule has 0 aromatic heterocycles. The molecule has 1 aromatic rings. The largest absolute Gasteiger partial charge is 0.444 e. The van der Waals surface area contributed by atoms with Crippen LogP contribution in [-0.2, 0) is 4.74 Å². The van der Waals surface area contributed by atoms with E-state index in [2.05, 4.69) is 5.32 Å². The molecule has 132 valence electrons. The number of nitrogens with two attached hydrogens (primary N) is 1. The molecule has 0 radical (unpaired) electrons. The topological polar surface area (TPSA) is 111 Å². The molecule has 1 saturated heterocycles. The van der Waals surface area contributed by atoms with Crippen molar-refractivity contribution in [2.75, 3.05) is 17.6 Å². The number of piperidine rings is 1. The number of amides is 1. The fraction of sp³-hybridized carbons (Fsp3) is 0.562. The number of benzene rings is 1. The van der Waals surface area contributed by atoms with Crippen molar-refractivity contribution in [1.29, 1.82) is 0 Å².